The van der Waals surface area contributed by atoms with E-state index in [0.29, 0.717) is 28.1 Å². The summed E-state index contributed by atoms with van der Waals surface area (Å²) in [6, 6.07) is 11.1. The first-order valence-corrected chi connectivity index (χ1v) is 10.1. The maximum absolute atomic E-state index is 13.1. The first-order valence-electron chi connectivity index (χ1n) is 10.1. The van der Waals surface area contributed by atoms with Crippen LogP contribution in [0, 0.1) is 0 Å². The summed E-state index contributed by atoms with van der Waals surface area (Å²) in [5.74, 6) is -0.624. The van der Waals surface area contributed by atoms with Crippen LogP contribution in [-0.4, -0.2) is 47.8 Å². The molecule has 34 heavy (non-hydrogen) atoms. The minimum absolute atomic E-state index is 0.0195. The second-order valence-corrected chi connectivity index (χ2v) is 7.27. The van der Waals surface area contributed by atoms with E-state index in [0.717, 1.165) is 11.1 Å². The zero-order chi connectivity index (χ0) is 24.7. The molecule has 1 amide bonds. The Morgan fingerprint density at radius 1 is 1.09 bits per heavy atom. The predicted octanol–water partition coefficient (Wildman–Crippen LogP) is 3.60. The van der Waals surface area contributed by atoms with Gasteiger partial charge in [0.2, 0.25) is 5.91 Å². The lowest BCUT2D eigenvalue weighted by atomic mass is 9.99. The molecule has 0 spiro atoms. The Kier molecular flexibility index (Phi) is 8.36. The van der Waals surface area contributed by atoms with Gasteiger partial charge in [-0.2, -0.15) is 17.6 Å². The molecule has 0 saturated heterocycles. The molecular formula is C23H22F4N4O3. The number of hydrogen-bond acceptors (Lipinski definition) is 6. The monoisotopic (exact) mass is 478 g/mol. The van der Waals surface area contributed by atoms with Crippen LogP contribution < -0.4 is 15.0 Å². The summed E-state index contributed by atoms with van der Waals surface area (Å²) in [7, 11) is 1.18. The number of hydrogen-bond donors (Lipinski definition) is 2. The van der Waals surface area contributed by atoms with Gasteiger partial charge in [-0.05, 0) is 53.4 Å². The summed E-state index contributed by atoms with van der Waals surface area (Å²) in [5.41, 5.74) is 2.86. The number of nitrogens with zero attached hydrogens (tertiary/aromatic N) is 3. The van der Waals surface area contributed by atoms with Crippen molar-refractivity contribution in [3.8, 4) is 16.9 Å². The summed E-state index contributed by atoms with van der Waals surface area (Å²) >= 11 is 0. The maximum atomic E-state index is 13.1. The zero-order valence-corrected chi connectivity index (χ0v) is 18.1. The van der Waals surface area contributed by atoms with E-state index in [9.17, 15) is 22.4 Å². The summed E-state index contributed by atoms with van der Waals surface area (Å²) in [4.78, 5) is 20.0. The zero-order valence-electron chi connectivity index (χ0n) is 18.1. The molecular weight excluding hydrogens is 456 g/mol. The van der Waals surface area contributed by atoms with Crippen LogP contribution in [0.1, 0.15) is 16.8 Å². The molecule has 0 unspecified atom stereocenters. The van der Waals surface area contributed by atoms with E-state index in [1.165, 1.54) is 31.4 Å². The molecule has 0 saturated carbocycles. The van der Waals surface area contributed by atoms with Crippen molar-refractivity contribution < 1.29 is 32.2 Å². The van der Waals surface area contributed by atoms with E-state index in [2.05, 4.69) is 20.0 Å². The van der Waals surface area contributed by atoms with Gasteiger partial charge in [0.05, 0.1) is 12.2 Å². The first-order chi connectivity index (χ1) is 16.3. The lowest BCUT2D eigenvalue weighted by Gasteiger charge is -2.18. The second kappa shape index (κ2) is 11.4. The Morgan fingerprint density at radius 2 is 1.85 bits per heavy atom. The number of rotatable bonds is 10. The normalized spacial score (nSPS) is 11.1. The van der Waals surface area contributed by atoms with Crippen molar-refractivity contribution in [2.45, 2.75) is 26.1 Å². The van der Waals surface area contributed by atoms with E-state index in [1.54, 1.807) is 30.5 Å². The molecule has 0 radical (unpaired) electrons. The minimum Gasteiger partial charge on any atom is -0.434 e. The second-order valence-electron chi connectivity index (χ2n) is 7.27. The number of alkyl halides is 4. The number of ether oxygens (including phenoxy) is 1. The molecule has 11 heteroatoms. The highest BCUT2D eigenvalue weighted by Gasteiger charge is 2.17. The summed E-state index contributed by atoms with van der Waals surface area (Å²) < 4.78 is 56.7. The minimum atomic E-state index is -3.06. The standard InChI is InChI=1S/C23H22F4N4O3/c1-31(22(24)25)20-10-16(6-7-28-20)18-9-14(3-5-19(18)34-23(26)27)8-15-2-4-17(29-11-15)12-30-21(33)13-32/h2-7,9-11,22-23,32H,8,12-13H2,1H3,(H,30,33). The van der Waals surface area contributed by atoms with Crippen molar-refractivity contribution in [1.82, 2.24) is 15.3 Å². The van der Waals surface area contributed by atoms with Gasteiger partial charge < -0.3 is 20.1 Å². The van der Waals surface area contributed by atoms with Crippen molar-refractivity contribution in [2.24, 2.45) is 0 Å². The third-order valence-corrected chi connectivity index (χ3v) is 4.88. The molecule has 1 aromatic carbocycles. The molecule has 3 aromatic rings. The van der Waals surface area contributed by atoms with Gasteiger partial charge >= 0.3 is 13.2 Å². The largest absolute Gasteiger partial charge is 0.434 e. The van der Waals surface area contributed by atoms with Gasteiger partial charge in [-0.25, -0.2) is 4.98 Å². The highest BCUT2D eigenvalue weighted by Crippen LogP contribution is 2.34. The molecule has 7 nitrogen and oxygen atoms in total. The smallest absolute Gasteiger partial charge is 0.387 e. The van der Waals surface area contributed by atoms with E-state index in [-0.39, 0.29) is 18.1 Å². The van der Waals surface area contributed by atoms with E-state index in [1.807, 2.05) is 0 Å². The molecule has 180 valence electrons. The number of nitrogens with one attached hydrogen (secondary N) is 1. The van der Waals surface area contributed by atoms with Crippen LogP contribution in [0.25, 0.3) is 11.1 Å². The van der Waals surface area contributed by atoms with Gasteiger partial charge in [-0.3, -0.25) is 9.78 Å². The molecule has 0 aliphatic carbocycles. The van der Waals surface area contributed by atoms with E-state index >= 15 is 0 Å². The van der Waals surface area contributed by atoms with Crippen molar-refractivity contribution in [1.29, 1.82) is 0 Å². The molecule has 0 bridgehead atoms. The fourth-order valence-corrected chi connectivity index (χ4v) is 3.14. The summed E-state index contributed by atoms with van der Waals surface area (Å²) in [5, 5.41) is 11.2. The predicted molar refractivity (Wildman–Crippen MR) is 117 cm³/mol. The van der Waals surface area contributed by atoms with Crippen LogP contribution in [0.3, 0.4) is 0 Å². The lowest BCUT2D eigenvalue weighted by Crippen LogP contribution is -2.25. The number of halogens is 4. The number of amides is 1. The Labute approximate surface area is 193 Å². The number of pyridine rings is 2. The molecule has 0 fully saturated rings. The number of aromatic nitrogens is 2. The SMILES string of the molecule is CN(c1cc(-c2cc(Cc3ccc(CNC(=O)CO)nc3)ccc2OC(F)F)ccn1)C(F)F. The van der Waals surface area contributed by atoms with Crippen molar-refractivity contribution in [3.05, 3.63) is 71.7 Å². The van der Waals surface area contributed by atoms with Crippen LogP contribution in [0.15, 0.2) is 54.9 Å². The Hall–Kier alpha value is -3.73. The average Bonchev–Trinajstić information content (AvgIpc) is 2.83. The number of aliphatic hydroxyl groups excluding tert-OH is 1. The molecule has 0 aliphatic rings. The molecule has 2 heterocycles. The molecule has 3 rings (SSSR count). The van der Waals surface area contributed by atoms with E-state index in [4.69, 9.17) is 5.11 Å². The molecule has 2 aromatic heterocycles. The highest BCUT2D eigenvalue weighted by molar-refractivity contribution is 5.76. The van der Waals surface area contributed by atoms with Crippen molar-refractivity contribution >= 4 is 11.7 Å². The van der Waals surface area contributed by atoms with Crippen molar-refractivity contribution in [3.63, 3.8) is 0 Å². The van der Waals surface area contributed by atoms with Gasteiger partial charge in [0.1, 0.15) is 18.2 Å². The van der Waals surface area contributed by atoms with Gasteiger partial charge in [0, 0.05) is 25.0 Å². The molecule has 0 aliphatic heterocycles. The van der Waals surface area contributed by atoms with Crippen molar-refractivity contribution in [2.75, 3.05) is 18.6 Å². The Bertz CT molecular complexity index is 1110. The lowest BCUT2D eigenvalue weighted by molar-refractivity contribution is -0.124. The number of benzene rings is 1. The summed E-state index contributed by atoms with van der Waals surface area (Å²) in [6.07, 6.45) is 3.35. The van der Waals surface area contributed by atoms with Gasteiger partial charge in [0.25, 0.3) is 0 Å². The average molecular weight is 478 g/mol. The number of aliphatic hydroxyl groups is 1. The topological polar surface area (TPSA) is 87.6 Å². The third-order valence-electron chi connectivity index (χ3n) is 4.88. The first kappa shape index (κ1) is 24.9. The Balaban J connectivity index is 1.86. The number of anilines is 1. The number of carbonyl (C=O) groups is 1. The fourth-order valence-electron chi connectivity index (χ4n) is 3.14. The fraction of sp³-hybridized carbons (Fsp3) is 0.261. The van der Waals surface area contributed by atoms with E-state index < -0.39 is 25.7 Å². The number of carbonyl (C=O) groups excluding carboxylic acids is 1. The van der Waals surface area contributed by atoms with Gasteiger partial charge in [-0.1, -0.05) is 12.1 Å². The van der Waals surface area contributed by atoms with Crippen LogP contribution in [0.2, 0.25) is 0 Å². The highest BCUT2D eigenvalue weighted by atomic mass is 19.3. The third kappa shape index (κ3) is 6.64. The van der Waals surface area contributed by atoms with Gasteiger partial charge in [0.15, 0.2) is 0 Å². The van der Waals surface area contributed by atoms with Gasteiger partial charge in [-0.15, -0.1) is 0 Å². The molecule has 2 N–H and O–H groups in total. The Morgan fingerprint density at radius 3 is 2.50 bits per heavy atom. The summed E-state index contributed by atoms with van der Waals surface area (Å²) in [6.45, 7) is -6.28. The van der Waals surface area contributed by atoms with Crippen LogP contribution in [0.5, 0.6) is 5.75 Å². The van der Waals surface area contributed by atoms with Crippen LogP contribution >= 0.6 is 0 Å². The van der Waals surface area contributed by atoms with Crippen LogP contribution in [-0.2, 0) is 17.8 Å². The van der Waals surface area contributed by atoms with Crippen LogP contribution in [0.4, 0.5) is 23.4 Å². The maximum Gasteiger partial charge on any atom is 0.387 e. The quantitative estimate of drug-likeness (QED) is 0.342. The molecule has 0 atom stereocenters.